The van der Waals surface area contributed by atoms with Crippen LogP contribution in [0.4, 0.5) is 5.69 Å². The number of nitrogens with two attached hydrogens (primary N) is 1. The number of thioether (sulfide) groups is 1. The van der Waals surface area contributed by atoms with Gasteiger partial charge in [0.15, 0.2) is 5.82 Å². The predicted octanol–water partition coefficient (Wildman–Crippen LogP) is 4.10. The fourth-order valence-corrected chi connectivity index (χ4v) is 4.51. The van der Waals surface area contributed by atoms with E-state index in [9.17, 15) is 9.59 Å². The van der Waals surface area contributed by atoms with Crippen molar-refractivity contribution >= 4 is 29.3 Å². The van der Waals surface area contributed by atoms with Gasteiger partial charge in [0.25, 0.3) is 0 Å². The molecular formula is C26H34N6O2S. The number of nitrogens with one attached hydrogen (secondary N) is 1. The quantitative estimate of drug-likeness (QED) is 0.361. The third-order valence-corrected chi connectivity index (χ3v) is 6.78. The highest BCUT2D eigenvalue weighted by Crippen LogP contribution is 2.28. The van der Waals surface area contributed by atoms with Gasteiger partial charge in [-0.25, -0.2) is 4.68 Å². The van der Waals surface area contributed by atoms with Crippen LogP contribution in [0.25, 0.3) is 11.4 Å². The molecule has 3 N–H and O–H groups in total. The average molecular weight is 495 g/mol. The molecule has 0 saturated heterocycles. The third-order valence-electron chi connectivity index (χ3n) is 5.73. The monoisotopic (exact) mass is 494 g/mol. The van der Waals surface area contributed by atoms with Crippen molar-refractivity contribution in [1.29, 1.82) is 0 Å². The Hall–Kier alpha value is -3.33. The largest absolute Gasteiger partial charge is 0.335 e. The van der Waals surface area contributed by atoms with Crippen LogP contribution in [0.15, 0.2) is 53.7 Å². The number of nitrogen functional groups attached to an aromatic ring is 1. The zero-order valence-corrected chi connectivity index (χ0v) is 22.0. The molecule has 35 heavy (non-hydrogen) atoms. The van der Waals surface area contributed by atoms with Crippen molar-refractivity contribution in [2.45, 2.75) is 56.9 Å². The Morgan fingerprint density at radius 3 is 2.40 bits per heavy atom. The number of para-hydroxylation sites is 1. The SMILES string of the molecule is CCc1ccccc1NC(=O)CN(C)C(=O)C(C)Sc1nnc(-c2ccc(C(C)(C)C)cc2)n1N. The summed E-state index contributed by atoms with van der Waals surface area (Å²) in [6.07, 6.45) is 0.807. The van der Waals surface area contributed by atoms with E-state index in [1.807, 2.05) is 43.3 Å². The van der Waals surface area contributed by atoms with E-state index in [-0.39, 0.29) is 23.8 Å². The molecule has 0 saturated carbocycles. The molecule has 9 heteroatoms. The second kappa shape index (κ2) is 10.9. The zero-order valence-electron chi connectivity index (χ0n) is 21.2. The maximum Gasteiger partial charge on any atom is 0.243 e. The molecule has 1 aromatic heterocycles. The van der Waals surface area contributed by atoms with Crippen molar-refractivity contribution in [3.8, 4) is 11.4 Å². The predicted molar refractivity (Wildman–Crippen MR) is 142 cm³/mol. The number of carbonyl (C=O) groups excluding carboxylic acids is 2. The summed E-state index contributed by atoms with van der Waals surface area (Å²) in [7, 11) is 1.61. The molecule has 1 unspecified atom stereocenters. The minimum atomic E-state index is -0.502. The van der Waals surface area contributed by atoms with E-state index in [0.29, 0.717) is 11.0 Å². The number of amides is 2. The molecule has 3 aromatic rings. The second-order valence-corrected chi connectivity index (χ2v) is 10.8. The van der Waals surface area contributed by atoms with Gasteiger partial charge < -0.3 is 16.1 Å². The molecule has 0 aliphatic carbocycles. The van der Waals surface area contributed by atoms with Crippen molar-refractivity contribution in [2.75, 3.05) is 24.8 Å². The summed E-state index contributed by atoms with van der Waals surface area (Å²) in [6, 6.07) is 15.7. The van der Waals surface area contributed by atoms with Crippen molar-refractivity contribution < 1.29 is 9.59 Å². The summed E-state index contributed by atoms with van der Waals surface area (Å²) < 4.78 is 1.40. The molecule has 8 nitrogen and oxygen atoms in total. The lowest BCUT2D eigenvalue weighted by atomic mass is 9.87. The number of benzene rings is 2. The number of likely N-dealkylation sites (N-methyl/N-ethyl adjacent to an activating group) is 1. The van der Waals surface area contributed by atoms with Crippen LogP contribution in [-0.4, -0.2) is 50.4 Å². The molecule has 0 bridgehead atoms. The first-order chi connectivity index (χ1) is 16.5. The van der Waals surface area contributed by atoms with Gasteiger partial charge in [-0.15, -0.1) is 10.2 Å². The van der Waals surface area contributed by atoms with Crippen molar-refractivity contribution in [2.24, 2.45) is 0 Å². The maximum atomic E-state index is 12.9. The molecule has 0 spiro atoms. The highest BCUT2D eigenvalue weighted by molar-refractivity contribution is 8.00. The number of aromatic nitrogens is 3. The normalized spacial score (nSPS) is 12.3. The summed E-state index contributed by atoms with van der Waals surface area (Å²) in [5, 5.41) is 11.2. The van der Waals surface area contributed by atoms with E-state index in [4.69, 9.17) is 5.84 Å². The molecule has 0 fully saturated rings. The molecule has 0 radical (unpaired) electrons. The van der Waals surface area contributed by atoms with E-state index < -0.39 is 5.25 Å². The van der Waals surface area contributed by atoms with Crippen LogP contribution < -0.4 is 11.2 Å². The molecule has 1 atom stereocenters. The van der Waals surface area contributed by atoms with Gasteiger partial charge in [0.2, 0.25) is 17.0 Å². The summed E-state index contributed by atoms with van der Waals surface area (Å²) in [5.41, 5.74) is 3.92. The van der Waals surface area contributed by atoms with Crippen LogP contribution in [0.3, 0.4) is 0 Å². The number of anilines is 1. The van der Waals surface area contributed by atoms with Crippen LogP contribution in [0.1, 0.15) is 45.7 Å². The van der Waals surface area contributed by atoms with Gasteiger partial charge in [0, 0.05) is 18.3 Å². The van der Waals surface area contributed by atoms with Gasteiger partial charge in [-0.3, -0.25) is 9.59 Å². The fourth-order valence-electron chi connectivity index (χ4n) is 3.63. The number of rotatable bonds is 8. The Morgan fingerprint density at radius 1 is 1.11 bits per heavy atom. The Morgan fingerprint density at radius 2 is 1.77 bits per heavy atom. The van der Waals surface area contributed by atoms with E-state index >= 15 is 0 Å². The van der Waals surface area contributed by atoms with Gasteiger partial charge in [0.05, 0.1) is 11.8 Å². The highest BCUT2D eigenvalue weighted by Gasteiger charge is 2.24. The number of hydrogen-bond acceptors (Lipinski definition) is 6. The Labute approximate surface area is 211 Å². The first-order valence-corrected chi connectivity index (χ1v) is 12.5. The summed E-state index contributed by atoms with van der Waals surface area (Å²) in [6.45, 7) is 10.2. The Kier molecular flexibility index (Phi) is 8.22. The van der Waals surface area contributed by atoms with Gasteiger partial charge in [-0.2, -0.15) is 0 Å². The van der Waals surface area contributed by atoms with E-state index in [1.165, 1.54) is 26.9 Å². The number of carbonyl (C=O) groups is 2. The van der Waals surface area contributed by atoms with Gasteiger partial charge >= 0.3 is 0 Å². The van der Waals surface area contributed by atoms with Crippen LogP contribution in [0.2, 0.25) is 0 Å². The van der Waals surface area contributed by atoms with Gasteiger partial charge in [-0.05, 0) is 36.0 Å². The summed E-state index contributed by atoms with van der Waals surface area (Å²) >= 11 is 1.21. The molecule has 186 valence electrons. The first kappa shape index (κ1) is 26.3. The van der Waals surface area contributed by atoms with Gasteiger partial charge in [-0.1, -0.05) is 81.9 Å². The second-order valence-electron chi connectivity index (χ2n) is 9.52. The molecule has 1 heterocycles. The third kappa shape index (κ3) is 6.42. The number of hydrogen-bond donors (Lipinski definition) is 2. The van der Waals surface area contributed by atoms with Crippen molar-refractivity contribution in [3.05, 3.63) is 59.7 Å². The summed E-state index contributed by atoms with van der Waals surface area (Å²) in [4.78, 5) is 26.8. The van der Waals surface area contributed by atoms with E-state index in [1.54, 1.807) is 14.0 Å². The smallest absolute Gasteiger partial charge is 0.243 e. The Bertz CT molecular complexity index is 1180. The average Bonchev–Trinajstić information content (AvgIpc) is 3.18. The summed E-state index contributed by atoms with van der Waals surface area (Å²) in [5.74, 6) is 6.33. The minimum absolute atomic E-state index is 0.0496. The first-order valence-electron chi connectivity index (χ1n) is 11.6. The number of aryl methyl sites for hydroxylation is 1. The van der Waals surface area contributed by atoms with Crippen molar-refractivity contribution in [3.63, 3.8) is 0 Å². The molecule has 0 aliphatic heterocycles. The van der Waals surface area contributed by atoms with E-state index in [0.717, 1.165) is 23.2 Å². The minimum Gasteiger partial charge on any atom is -0.335 e. The molecular weight excluding hydrogens is 460 g/mol. The number of nitrogens with zero attached hydrogens (tertiary/aromatic N) is 4. The topological polar surface area (TPSA) is 106 Å². The standard InChI is InChI=1S/C26H34N6O2S/c1-7-18-10-8-9-11-21(18)28-22(33)16-31(6)24(34)17(2)35-25-30-29-23(32(25)27)19-12-14-20(15-13-19)26(3,4)5/h8-15,17H,7,16,27H2,1-6H3,(H,28,33). The van der Waals surface area contributed by atoms with Crippen LogP contribution >= 0.6 is 11.8 Å². The van der Waals surface area contributed by atoms with E-state index in [2.05, 4.69) is 48.4 Å². The molecule has 3 rings (SSSR count). The van der Waals surface area contributed by atoms with Crippen LogP contribution in [-0.2, 0) is 21.4 Å². The van der Waals surface area contributed by atoms with Crippen LogP contribution in [0.5, 0.6) is 0 Å². The maximum absolute atomic E-state index is 12.9. The molecule has 2 amide bonds. The fraction of sp³-hybridized carbons (Fsp3) is 0.385. The lowest BCUT2D eigenvalue weighted by Gasteiger charge is -2.21. The Balaban J connectivity index is 1.62. The molecule has 0 aliphatic rings. The van der Waals surface area contributed by atoms with Crippen molar-refractivity contribution in [1.82, 2.24) is 19.8 Å². The van der Waals surface area contributed by atoms with Crippen LogP contribution in [0, 0.1) is 0 Å². The lowest BCUT2D eigenvalue weighted by molar-refractivity contribution is -0.132. The van der Waals surface area contributed by atoms with Gasteiger partial charge in [0.1, 0.15) is 0 Å². The zero-order chi connectivity index (χ0) is 25.8. The highest BCUT2D eigenvalue weighted by atomic mass is 32.2. The lowest BCUT2D eigenvalue weighted by Crippen LogP contribution is -2.39. The molecule has 2 aromatic carbocycles.